The van der Waals surface area contributed by atoms with Gasteiger partial charge in [-0.3, -0.25) is 9.59 Å². The first-order chi connectivity index (χ1) is 8.13. The summed E-state index contributed by atoms with van der Waals surface area (Å²) < 4.78 is 0. The lowest BCUT2D eigenvalue weighted by molar-refractivity contribution is -0.144. The summed E-state index contributed by atoms with van der Waals surface area (Å²) in [7, 11) is 0. The van der Waals surface area contributed by atoms with Crippen LogP contribution in [0.5, 0.6) is 0 Å². The highest BCUT2D eigenvalue weighted by atomic mass is 16.4. The van der Waals surface area contributed by atoms with Gasteiger partial charge < -0.3 is 15.3 Å². The number of hydrogen-bond acceptors (Lipinski definition) is 3. The zero-order valence-electron chi connectivity index (χ0n) is 9.82. The predicted molar refractivity (Wildman–Crippen MR) is 63.3 cm³/mol. The highest BCUT2D eigenvalue weighted by molar-refractivity contribution is 5.81. The third-order valence-corrected chi connectivity index (χ3v) is 2.89. The molecule has 1 unspecified atom stereocenters. The number of carbonyl (C=O) groups is 2. The average molecular weight is 238 g/mol. The number of carboxylic acids is 1. The third kappa shape index (κ3) is 4.87. The lowest BCUT2D eigenvalue weighted by Gasteiger charge is -2.18. The minimum Gasteiger partial charge on any atom is -0.480 e. The molecular weight excluding hydrogens is 220 g/mol. The molecule has 0 aliphatic carbocycles. The second-order valence-corrected chi connectivity index (χ2v) is 4.25. The first kappa shape index (κ1) is 13.5. The van der Waals surface area contributed by atoms with Crippen molar-refractivity contribution in [1.29, 1.82) is 0 Å². The van der Waals surface area contributed by atoms with Gasteiger partial charge in [-0.15, -0.1) is 6.42 Å². The zero-order valence-corrected chi connectivity index (χ0v) is 9.82. The van der Waals surface area contributed by atoms with E-state index >= 15 is 0 Å². The lowest BCUT2D eigenvalue weighted by Crippen LogP contribution is -2.36. The molecule has 1 aliphatic heterocycles. The largest absolute Gasteiger partial charge is 0.480 e. The number of nitrogens with zero attached hydrogens (tertiary/aromatic N) is 1. The predicted octanol–water partition coefficient (Wildman–Crippen LogP) is -0.0775. The Labute approximate surface area is 101 Å². The van der Waals surface area contributed by atoms with E-state index < -0.39 is 5.97 Å². The monoisotopic (exact) mass is 238 g/mol. The van der Waals surface area contributed by atoms with Crippen molar-refractivity contribution in [2.75, 3.05) is 26.2 Å². The van der Waals surface area contributed by atoms with E-state index in [-0.39, 0.29) is 19.0 Å². The summed E-state index contributed by atoms with van der Waals surface area (Å²) in [5.74, 6) is 1.64. The molecule has 1 rings (SSSR count). The van der Waals surface area contributed by atoms with Gasteiger partial charge in [0.1, 0.15) is 6.54 Å². The number of aliphatic carboxylic acids is 1. The minimum atomic E-state index is -1.03. The van der Waals surface area contributed by atoms with Crippen LogP contribution in [0.25, 0.3) is 0 Å². The second kappa shape index (κ2) is 6.92. The summed E-state index contributed by atoms with van der Waals surface area (Å²) in [6.07, 6.45) is 7.37. The van der Waals surface area contributed by atoms with Crippen LogP contribution in [0.15, 0.2) is 0 Å². The molecule has 94 valence electrons. The Morgan fingerprint density at radius 1 is 1.53 bits per heavy atom. The van der Waals surface area contributed by atoms with Gasteiger partial charge >= 0.3 is 5.97 Å². The molecule has 0 aromatic rings. The molecule has 0 aromatic carbocycles. The van der Waals surface area contributed by atoms with Crippen LogP contribution in [0.1, 0.15) is 19.3 Å². The van der Waals surface area contributed by atoms with Gasteiger partial charge in [0.15, 0.2) is 0 Å². The van der Waals surface area contributed by atoms with Crippen LogP contribution in [0.4, 0.5) is 0 Å². The van der Waals surface area contributed by atoms with Crippen LogP contribution in [-0.2, 0) is 9.59 Å². The third-order valence-electron chi connectivity index (χ3n) is 2.89. The molecule has 1 atom stereocenters. The summed E-state index contributed by atoms with van der Waals surface area (Å²) in [4.78, 5) is 23.6. The minimum absolute atomic E-state index is 0.0635. The van der Waals surface area contributed by atoms with Crippen molar-refractivity contribution < 1.29 is 14.7 Å². The van der Waals surface area contributed by atoms with Crippen molar-refractivity contribution >= 4 is 11.9 Å². The second-order valence-electron chi connectivity index (χ2n) is 4.25. The lowest BCUT2D eigenvalue weighted by atomic mass is 10.0. The Kier molecular flexibility index (Phi) is 5.50. The van der Waals surface area contributed by atoms with Crippen molar-refractivity contribution in [1.82, 2.24) is 10.2 Å². The summed E-state index contributed by atoms with van der Waals surface area (Å²) >= 11 is 0. The Hall–Kier alpha value is -1.54. The van der Waals surface area contributed by atoms with Crippen LogP contribution in [0.3, 0.4) is 0 Å². The van der Waals surface area contributed by atoms with E-state index in [1.807, 2.05) is 0 Å². The summed E-state index contributed by atoms with van der Waals surface area (Å²) in [6, 6.07) is 0. The summed E-state index contributed by atoms with van der Waals surface area (Å²) in [5.41, 5.74) is 0. The Balaban J connectivity index is 2.35. The quantitative estimate of drug-likeness (QED) is 0.635. The van der Waals surface area contributed by atoms with Crippen LogP contribution >= 0.6 is 0 Å². The van der Waals surface area contributed by atoms with Crippen molar-refractivity contribution in [2.45, 2.75) is 19.3 Å². The van der Waals surface area contributed by atoms with E-state index in [0.29, 0.717) is 12.3 Å². The van der Waals surface area contributed by atoms with E-state index in [4.69, 9.17) is 11.5 Å². The number of nitrogens with one attached hydrogen (secondary N) is 1. The van der Waals surface area contributed by atoms with Gasteiger partial charge in [0.05, 0.1) is 6.54 Å². The van der Waals surface area contributed by atoms with Crippen LogP contribution < -0.4 is 5.32 Å². The number of carboxylic acid groups (broad SMARTS) is 1. The number of rotatable bonds is 6. The fourth-order valence-electron chi connectivity index (χ4n) is 1.95. The molecule has 0 saturated carbocycles. The van der Waals surface area contributed by atoms with Gasteiger partial charge in [0.2, 0.25) is 5.91 Å². The van der Waals surface area contributed by atoms with Crippen molar-refractivity contribution in [3.8, 4) is 12.3 Å². The van der Waals surface area contributed by atoms with Gasteiger partial charge in [-0.25, -0.2) is 0 Å². The Bertz CT molecular complexity index is 316. The van der Waals surface area contributed by atoms with Crippen LogP contribution in [0.2, 0.25) is 0 Å². The Morgan fingerprint density at radius 2 is 2.29 bits per heavy atom. The molecule has 5 heteroatoms. The van der Waals surface area contributed by atoms with E-state index in [0.717, 1.165) is 25.9 Å². The maximum absolute atomic E-state index is 11.8. The molecule has 0 spiro atoms. The highest BCUT2D eigenvalue weighted by Gasteiger charge is 2.19. The van der Waals surface area contributed by atoms with E-state index in [9.17, 15) is 9.59 Å². The van der Waals surface area contributed by atoms with Crippen LogP contribution in [0, 0.1) is 18.3 Å². The molecule has 2 N–H and O–H groups in total. The molecule has 0 aromatic heterocycles. The van der Waals surface area contributed by atoms with Gasteiger partial charge in [0.25, 0.3) is 0 Å². The highest BCUT2D eigenvalue weighted by Crippen LogP contribution is 2.15. The van der Waals surface area contributed by atoms with Crippen molar-refractivity contribution in [3.05, 3.63) is 0 Å². The maximum Gasteiger partial charge on any atom is 0.323 e. The topological polar surface area (TPSA) is 69.6 Å². The number of terminal acetylenes is 1. The molecule has 1 fully saturated rings. The summed E-state index contributed by atoms with van der Waals surface area (Å²) in [5, 5.41) is 11.9. The smallest absolute Gasteiger partial charge is 0.323 e. The van der Waals surface area contributed by atoms with Gasteiger partial charge in [-0.1, -0.05) is 5.92 Å². The standard InChI is InChI=1S/C12H18N2O3/c1-2-7-14(9-12(16)17)11(15)4-3-10-5-6-13-8-10/h1,10,13H,3-9H2,(H,16,17). The molecular formula is C12H18N2O3. The van der Waals surface area contributed by atoms with Gasteiger partial charge in [0, 0.05) is 6.42 Å². The fourth-order valence-corrected chi connectivity index (χ4v) is 1.95. The fraction of sp³-hybridized carbons (Fsp3) is 0.667. The molecule has 0 bridgehead atoms. The molecule has 5 nitrogen and oxygen atoms in total. The maximum atomic E-state index is 11.8. The van der Waals surface area contributed by atoms with E-state index in [2.05, 4.69) is 11.2 Å². The Morgan fingerprint density at radius 3 is 2.82 bits per heavy atom. The zero-order chi connectivity index (χ0) is 12.7. The van der Waals surface area contributed by atoms with Crippen molar-refractivity contribution in [2.24, 2.45) is 5.92 Å². The molecule has 1 saturated heterocycles. The average Bonchev–Trinajstić information content (AvgIpc) is 2.77. The van der Waals surface area contributed by atoms with Gasteiger partial charge in [-0.2, -0.15) is 0 Å². The number of amides is 1. The first-order valence-corrected chi connectivity index (χ1v) is 5.77. The number of carbonyl (C=O) groups excluding carboxylic acids is 1. The first-order valence-electron chi connectivity index (χ1n) is 5.77. The SMILES string of the molecule is C#CCN(CC(=O)O)C(=O)CCC1CCNC1. The van der Waals surface area contributed by atoms with Crippen LogP contribution in [-0.4, -0.2) is 48.1 Å². The molecule has 0 radical (unpaired) electrons. The van der Waals surface area contributed by atoms with Gasteiger partial charge in [-0.05, 0) is 31.8 Å². The summed E-state index contributed by atoms with van der Waals surface area (Å²) in [6.45, 7) is 1.70. The molecule has 1 amide bonds. The van der Waals surface area contributed by atoms with Crippen molar-refractivity contribution in [3.63, 3.8) is 0 Å². The molecule has 1 aliphatic rings. The molecule has 1 heterocycles. The van der Waals surface area contributed by atoms with E-state index in [1.165, 1.54) is 4.90 Å². The number of hydrogen-bond donors (Lipinski definition) is 2. The van der Waals surface area contributed by atoms with E-state index in [1.54, 1.807) is 0 Å². The normalized spacial score (nSPS) is 18.6. The molecule has 17 heavy (non-hydrogen) atoms.